The largest absolute Gasteiger partial charge is 0.366 e. The fraction of sp³-hybridized carbons (Fsp3) is 0.207. The molecule has 4 aromatic rings. The van der Waals surface area contributed by atoms with Gasteiger partial charge in [-0.25, -0.2) is 33.3 Å². The van der Waals surface area contributed by atoms with Crippen LogP contribution in [0.4, 0.5) is 16.3 Å². The first-order valence-corrected chi connectivity index (χ1v) is 12.8. The second-order valence-corrected chi connectivity index (χ2v) is 9.36. The van der Waals surface area contributed by atoms with Gasteiger partial charge in [0.15, 0.2) is 0 Å². The van der Waals surface area contributed by atoms with Gasteiger partial charge in [-0.2, -0.15) is 0 Å². The van der Waals surface area contributed by atoms with Gasteiger partial charge in [0.2, 0.25) is 5.91 Å². The Morgan fingerprint density at radius 3 is 2.40 bits per heavy atom. The number of anilines is 2. The van der Waals surface area contributed by atoms with Crippen molar-refractivity contribution in [2.45, 2.75) is 19.9 Å². The van der Waals surface area contributed by atoms with E-state index in [2.05, 4.69) is 11.6 Å². The zero-order chi connectivity index (χ0) is 28.6. The van der Waals surface area contributed by atoms with Crippen molar-refractivity contribution in [3.05, 3.63) is 106 Å². The summed E-state index contributed by atoms with van der Waals surface area (Å²) in [7, 11) is 1.54. The van der Waals surface area contributed by atoms with E-state index >= 15 is 0 Å². The van der Waals surface area contributed by atoms with Gasteiger partial charge >= 0.3 is 17.4 Å². The van der Waals surface area contributed by atoms with Crippen molar-refractivity contribution in [2.24, 2.45) is 12.8 Å². The normalized spacial score (nSPS) is 13.2. The third-order valence-electron chi connectivity index (χ3n) is 7.07. The van der Waals surface area contributed by atoms with Gasteiger partial charge in [-0.15, -0.1) is 6.58 Å². The van der Waals surface area contributed by atoms with Gasteiger partial charge in [-0.05, 0) is 53.9 Å². The lowest BCUT2D eigenvalue weighted by molar-refractivity contribution is 0.1000. The number of nitrogens with two attached hydrogens (primary N) is 1. The Hall–Kier alpha value is -5.19. The van der Waals surface area contributed by atoms with Gasteiger partial charge in [0.25, 0.3) is 0 Å². The van der Waals surface area contributed by atoms with E-state index in [4.69, 9.17) is 5.73 Å². The van der Waals surface area contributed by atoms with Crippen molar-refractivity contribution in [2.75, 3.05) is 22.9 Å². The van der Waals surface area contributed by atoms with Crippen molar-refractivity contribution >= 4 is 23.4 Å². The van der Waals surface area contributed by atoms with E-state index in [9.17, 15) is 19.2 Å². The minimum Gasteiger partial charge on any atom is -0.366 e. The quantitative estimate of drug-likeness (QED) is 0.344. The molecule has 3 amide bonds. The summed E-state index contributed by atoms with van der Waals surface area (Å²) in [5.74, 6) is 0.00723. The molecule has 0 radical (unpaired) electrons. The van der Waals surface area contributed by atoms with Crippen molar-refractivity contribution in [1.29, 1.82) is 0 Å². The first kappa shape index (κ1) is 26.4. The Kier molecular flexibility index (Phi) is 6.95. The van der Waals surface area contributed by atoms with Crippen molar-refractivity contribution < 1.29 is 9.59 Å². The molecule has 1 saturated heterocycles. The highest BCUT2D eigenvalue weighted by Gasteiger charge is 2.33. The standard InChI is InChI=1S/C29H29N7O4/c1-4-15-35-29(40)36(27(38)32(35)3)21-11-9-19(10-12-21)24-13-14-31-26(23(24)5-2)34-17-16-33(28(34)39)22-8-6-7-20(18-22)25(30)37/h4,6-14,18H,1,5,15-17H2,2-3H3,(H2,30,37). The van der Waals surface area contributed by atoms with Crippen LogP contribution in [0.1, 0.15) is 22.8 Å². The van der Waals surface area contributed by atoms with Crippen LogP contribution in [0.5, 0.6) is 0 Å². The van der Waals surface area contributed by atoms with Gasteiger partial charge in [0.1, 0.15) is 5.82 Å². The van der Waals surface area contributed by atoms with Crippen molar-refractivity contribution in [1.82, 2.24) is 18.9 Å². The molecule has 0 atom stereocenters. The van der Waals surface area contributed by atoms with Crippen molar-refractivity contribution in [3.63, 3.8) is 0 Å². The number of benzene rings is 2. The van der Waals surface area contributed by atoms with Crippen LogP contribution >= 0.6 is 0 Å². The summed E-state index contributed by atoms with van der Waals surface area (Å²) in [5, 5.41) is 0. The number of aromatic nitrogens is 4. The number of primary amides is 1. The fourth-order valence-corrected chi connectivity index (χ4v) is 5.04. The molecule has 2 aromatic heterocycles. The molecule has 3 heterocycles. The topological polar surface area (TPSA) is 128 Å². The Morgan fingerprint density at radius 1 is 1.00 bits per heavy atom. The maximum Gasteiger partial charge on any atom is 0.352 e. The third kappa shape index (κ3) is 4.41. The molecule has 5 rings (SSSR count). The highest BCUT2D eigenvalue weighted by molar-refractivity contribution is 6.07. The summed E-state index contributed by atoms with van der Waals surface area (Å²) in [6, 6.07) is 15.5. The van der Waals surface area contributed by atoms with Gasteiger partial charge in [0, 0.05) is 43.1 Å². The van der Waals surface area contributed by atoms with E-state index in [-0.39, 0.29) is 12.6 Å². The average molecular weight is 540 g/mol. The number of carbonyl (C=O) groups is 2. The zero-order valence-electron chi connectivity index (χ0n) is 22.3. The van der Waals surface area contributed by atoms with E-state index in [1.807, 2.05) is 25.1 Å². The van der Waals surface area contributed by atoms with Crippen LogP contribution in [0, 0.1) is 0 Å². The maximum atomic E-state index is 13.5. The molecule has 1 aliphatic heterocycles. The van der Waals surface area contributed by atoms with Crippen LogP contribution in [0.2, 0.25) is 0 Å². The number of hydrogen-bond donors (Lipinski definition) is 1. The van der Waals surface area contributed by atoms with Crippen LogP contribution in [0.3, 0.4) is 0 Å². The van der Waals surface area contributed by atoms with E-state index in [1.54, 1.807) is 65.5 Å². The molecule has 11 nitrogen and oxygen atoms in total. The lowest BCUT2D eigenvalue weighted by Crippen LogP contribution is -2.33. The summed E-state index contributed by atoms with van der Waals surface area (Å²) < 4.78 is 3.70. The van der Waals surface area contributed by atoms with Gasteiger partial charge in [-0.3, -0.25) is 14.6 Å². The molecule has 2 aromatic carbocycles. The number of nitrogens with zero attached hydrogens (tertiary/aromatic N) is 6. The third-order valence-corrected chi connectivity index (χ3v) is 7.07. The Labute approximate surface area is 230 Å². The summed E-state index contributed by atoms with van der Waals surface area (Å²) in [5.41, 5.74) is 8.55. The second-order valence-electron chi connectivity index (χ2n) is 9.36. The average Bonchev–Trinajstić information content (AvgIpc) is 3.45. The smallest absolute Gasteiger partial charge is 0.352 e. The molecule has 0 aliphatic carbocycles. The second kappa shape index (κ2) is 10.5. The SMILES string of the molecule is C=CCn1c(=O)n(-c2ccc(-c3ccnc(N4CCN(c5cccc(C(N)=O)c5)C4=O)c3CC)cc2)c(=O)n1C. The summed E-state index contributed by atoms with van der Waals surface area (Å²) >= 11 is 0. The molecule has 0 saturated carbocycles. The zero-order valence-corrected chi connectivity index (χ0v) is 22.3. The molecule has 0 unspecified atom stereocenters. The molecule has 40 heavy (non-hydrogen) atoms. The number of carbonyl (C=O) groups excluding carboxylic acids is 2. The fourth-order valence-electron chi connectivity index (χ4n) is 5.04. The molecule has 1 aliphatic rings. The number of urea groups is 1. The molecule has 0 bridgehead atoms. The van der Waals surface area contributed by atoms with E-state index in [0.29, 0.717) is 42.3 Å². The Bertz CT molecular complexity index is 1750. The van der Waals surface area contributed by atoms with Crippen LogP contribution in [0.15, 0.2) is 83.0 Å². The van der Waals surface area contributed by atoms with Crippen molar-refractivity contribution in [3.8, 4) is 16.8 Å². The predicted octanol–water partition coefficient (Wildman–Crippen LogP) is 2.69. The van der Waals surface area contributed by atoms with Gasteiger partial charge in [0.05, 0.1) is 12.2 Å². The molecular weight excluding hydrogens is 510 g/mol. The Morgan fingerprint density at radius 2 is 1.73 bits per heavy atom. The lowest BCUT2D eigenvalue weighted by atomic mass is 9.98. The number of amides is 3. The van der Waals surface area contributed by atoms with Gasteiger partial charge < -0.3 is 5.73 Å². The first-order valence-electron chi connectivity index (χ1n) is 12.8. The van der Waals surface area contributed by atoms with Crippen LogP contribution in [-0.4, -0.2) is 43.9 Å². The maximum absolute atomic E-state index is 13.5. The first-order chi connectivity index (χ1) is 19.3. The summed E-state index contributed by atoms with van der Waals surface area (Å²) in [6.07, 6.45) is 3.84. The molecule has 0 spiro atoms. The number of hydrogen-bond acceptors (Lipinski definition) is 5. The van der Waals surface area contributed by atoms with E-state index in [0.717, 1.165) is 21.3 Å². The van der Waals surface area contributed by atoms with Crippen LogP contribution in [0.25, 0.3) is 16.8 Å². The summed E-state index contributed by atoms with van der Waals surface area (Å²) in [6.45, 7) is 6.72. The predicted molar refractivity (Wildman–Crippen MR) is 153 cm³/mol. The molecular formula is C29H29N7O4. The summed E-state index contributed by atoms with van der Waals surface area (Å²) in [4.78, 5) is 58.5. The minimum atomic E-state index is -0.557. The molecule has 2 N–H and O–H groups in total. The number of allylic oxidation sites excluding steroid dienone is 1. The highest BCUT2D eigenvalue weighted by atomic mass is 16.2. The monoisotopic (exact) mass is 539 g/mol. The molecule has 11 heteroatoms. The number of pyridine rings is 1. The molecule has 1 fully saturated rings. The molecule has 204 valence electrons. The van der Waals surface area contributed by atoms with Crippen LogP contribution in [-0.2, 0) is 20.0 Å². The van der Waals surface area contributed by atoms with Gasteiger partial charge in [-0.1, -0.05) is 31.2 Å². The lowest BCUT2D eigenvalue weighted by Gasteiger charge is -2.22. The Balaban J connectivity index is 1.47. The highest BCUT2D eigenvalue weighted by Crippen LogP contribution is 2.33. The minimum absolute atomic E-state index is 0.221. The van der Waals surface area contributed by atoms with E-state index < -0.39 is 17.3 Å². The van der Waals surface area contributed by atoms with E-state index in [1.165, 1.54) is 9.36 Å². The number of rotatable bonds is 8. The van der Waals surface area contributed by atoms with Crippen LogP contribution < -0.4 is 26.9 Å².